The van der Waals surface area contributed by atoms with Gasteiger partial charge in [0.15, 0.2) is 0 Å². The largest absolute Gasteiger partial charge is 0.119 e. The van der Waals surface area contributed by atoms with Crippen LogP contribution in [0.25, 0.3) is 5.57 Å². The number of benzene rings is 2. The Morgan fingerprint density at radius 3 is 2.14 bits per heavy atom. The van der Waals surface area contributed by atoms with Crippen molar-refractivity contribution >= 4 is 29.1 Å². The Morgan fingerprint density at radius 1 is 0.864 bits per heavy atom. The van der Waals surface area contributed by atoms with Crippen molar-refractivity contribution in [3.05, 3.63) is 75.5 Å². The molecule has 114 valence electrons. The van der Waals surface area contributed by atoms with Crippen LogP contribution in [0.3, 0.4) is 0 Å². The Kier molecular flexibility index (Phi) is 5.69. The van der Waals surface area contributed by atoms with Crippen LogP contribution in [-0.4, -0.2) is 11.5 Å². The molecule has 1 aliphatic heterocycles. The standard InChI is InChI=1S/C20H22S2/c1-2-19(20-21-13-6-14-22-20)18-11-9-17(10-12-18)15-16-7-4-3-5-8-16/h3-5,7-12H,2,6,13-15H2,1H3. The first-order chi connectivity index (χ1) is 10.9. The Bertz CT molecular complexity index is 619. The smallest absolute Gasteiger partial charge is 0.0439 e. The first kappa shape index (κ1) is 15.8. The van der Waals surface area contributed by atoms with Crippen molar-refractivity contribution in [3.8, 4) is 0 Å². The van der Waals surface area contributed by atoms with Crippen LogP contribution >= 0.6 is 23.5 Å². The summed E-state index contributed by atoms with van der Waals surface area (Å²) in [7, 11) is 0. The number of rotatable bonds is 4. The van der Waals surface area contributed by atoms with E-state index < -0.39 is 0 Å². The van der Waals surface area contributed by atoms with Crippen molar-refractivity contribution in [2.75, 3.05) is 11.5 Å². The van der Waals surface area contributed by atoms with Gasteiger partial charge in [0.2, 0.25) is 0 Å². The van der Waals surface area contributed by atoms with Crippen LogP contribution in [-0.2, 0) is 6.42 Å². The van der Waals surface area contributed by atoms with Gasteiger partial charge in [-0.15, -0.1) is 23.5 Å². The van der Waals surface area contributed by atoms with Crippen molar-refractivity contribution < 1.29 is 0 Å². The highest BCUT2D eigenvalue weighted by Gasteiger charge is 2.13. The molecule has 0 spiro atoms. The molecule has 0 bridgehead atoms. The minimum absolute atomic E-state index is 1.02. The maximum Gasteiger partial charge on any atom is 0.0439 e. The van der Waals surface area contributed by atoms with E-state index >= 15 is 0 Å². The van der Waals surface area contributed by atoms with E-state index in [-0.39, 0.29) is 0 Å². The molecule has 22 heavy (non-hydrogen) atoms. The molecule has 0 radical (unpaired) electrons. The molecule has 1 saturated heterocycles. The molecule has 0 nitrogen and oxygen atoms in total. The van der Waals surface area contributed by atoms with Crippen molar-refractivity contribution in [1.29, 1.82) is 0 Å². The van der Waals surface area contributed by atoms with E-state index in [9.17, 15) is 0 Å². The van der Waals surface area contributed by atoms with E-state index in [1.54, 1.807) is 4.24 Å². The number of hydrogen-bond donors (Lipinski definition) is 0. The van der Waals surface area contributed by atoms with Crippen LogP contribution in [0.4, 0.5) is 0 Å². The molecule has 2 aromatic carbocycles. The van der Waals surface area contributed by atoms with Crippen molar-refractivity contribution in [3.63, 3.8) is 0 Å². The third-order valence-electron chi connectivity index (χ3n) is 3.91. The molecule has 1 aliphatic rings. The van der Waals surface area contributed by atoms with Crippen LogP contribution in [0.15, 0.2) is 58.8 Å². The summed E-state index contributed by atoms with van der Waals surface area (Å²) < 4.78 is 1.55. The Hall–Kier alpha value is -1.12. The first-order valence-electron chi connectivity index (χ1n) is 7.99. The molecule has 0 N–H and O–H groups in total. The predicted molar refractivity (Wildman–Crippen MR) is 102 cm³/mol. The van der Waals surface area contributed by atoms with E-state index in [1.807, 2.05) is 23.5 Å². The van der Waals surface area contributed by atoms with Gasteiger partial charge in [-0.1, -0.05) is 61.5 Å². The van der Waals surface area contributed by atoms with Crippen LogP contribution < -0.4 is 0 Å². The fourth-order valence-electron chi connectivity index (χ4n) is 2.73. The summed E-state index contributed by atoms with van der Waals surface area (Å²) in [5, 5.41) is 0. The van der Waals surface area contributed by atoms with Crippen LogP contribution in [0.1, 0.15) is 36.5 Å². The topological polar surface area (TPSA) is 0 Å². The fourth-order valence-corrected chi connectivity index (χ4v) is 5.56. The van der Waals surface area contributed by atoms with E-state index in [4.69, 9.17) is 0 Å². The summed E-state index contributed by atoms with van der Waals surface area (Å²) in [4.78, 5) is 0. The fraction of sp³-hybridized carbons (Fsp3) is 0.300. The quantitative estimate of drug-likeness (QED) is 0.653. The van der Waals surface area contributed by atoms with Crippen LogP contribution in [0.2, 0.25) is 0 Å². The summed E-state index contributed by atoms with van der Waals surface area (Å²) in [6.07, 6.45) is 3.47. The second-order valence-corrected chi connectivity index (χ2v) is 8.00. The zero-order valence-electron chi connectivity index (χ0n) is 13.0. The predicted octanol–water partition coefficient (Wildman–Crippen LogP) is 6.23. The summed E-state index contributed by atoms with van der Waals surface area (Å²) in [5.74, 6) is 2.55. The number of allylic oxidation sites excluding steroid dienone is 1. The SMILES string of the molecule is CCC(=C1SCCCS1)c1ccc(Cc2ccccc2)cc1. The maximum atomic E-state index is 2.31. The van der Waals surface area contributed by atoms with Crippen molar-refractivity contribution in [1.82, 2.24) is 0 Å². The van der Waals surface area contributed by atoms with E-state index in [0.29, 0.717) is 0 Å². The number of hydrogen-bond acceptors (Lipinski definition) is 2. The second kappa shape index (κ2) is 7.94. The van der Waals surface area contributed by atoms with Gasteiger partial charge in [0, 0.05) is 4.24 Å². The van der Waals surface area contributed by atoms with Gasteiger partial charge in [-0.25, -0.2) is 0 Å². The summed E-state index contributed by atoms with van der Waals surface area (Å²) in [6.45, 7) is 2.27. The minimum Gasteiger partial charge on any atom is -0.119 e. The monoisotopic (exact) mass is 326 g/mol. The highest BCUT2D eigenvalue weighted by Crippen LogP contribution is 2.41. The molecule has 0 amide bonds. The van der Waals surface area contributed by atoms with E-state index in [1.165, 1.54) is 40.2 Å². The Morgan fingerprint density at radius 2 is 1.50 bits per heavy atom. The highest BCUT2D eigenvalue weighted by molar-refractivity contribution is 8.23. The lowest BCUT2D eigenvalue weighted by molar-refractivity contribution is 1.12. The zero-order valence-corrected chi connectivity index (χ0v) is 14.7. The normalized spacial score (nSPS) is 14.9. The molecule has 2 heteroatoms. The lowest BCUT2D eigenvalue weighted by Gasteiger charge is -2.18. The average Bonchev–Trinajstić information content (AvgIpc) is 2.59. The molecule has 0 unspecified atom stereocenters. The van der Waals surface area contributed by atoms with Gasteiger partial charge >= 0.3 is 0 Å². The van der Waals surface area contributed by atoms with Gasteiger partial charge in [-0.2, -0.15) is 0 Å². The molecule has 0 atom stereocenters. The summed E-state index contributed by atoms with van der Waals surface area (Å²) >= 11 is 4.08. The molecular formula is C20H22S2. The van der Waals surface area contributed by atoms with Gasteiger partial charge in [-0.05, 0) is 53.0 Å². The average molecular weight is 327 g/mol. The first-order valence-corrected chi connectivity index (χ1v) is 9.96. The lowest BCUT2D eigenvalue weighted by Crippen LogP contribution is -1.96. The molecule has 0 aromatic heterocycles. The van der Waals surface area contributed by atoms with Gasteiger partial charge in [0.1, 0.15) is 0 Å². The third kappa shape index (κ3) is 3.99. The van der Waals surface area contributed by atoms with Crippen molar-refractivity contribution in [2.24, 2.45) is 0 Å². The van der Waals surface area contributed by atoms with Gasteiger partial charge < -0.3 is 0 Å². The third-order valence-corrected chi connectivity index (χ3v) is 6.62. The Labute approximate surface area is 142 Å². The van der Waals surface area contributed by atoms with Gasteiger partial charge in [-0.3, -0.25) is 0 Å². The molecule has 0 saturated carbocycles. The molecular weight excluding hydrogens is 304 g/mol. The van der Waals surface area contributed by atoms with Crippen LogP contribution in [0, 0.1) is 0 Å². The van der Waals surface area contributed by atoms with Gasteiger partial charge in [0.25, 0.3) is 0 Å². The van der Waals surface area contributed by atoms with Gasteiger partial charge in [0.05, 0.1) is 0 Å². The Balaban J connectivity index is 1.78. The van der Waals surface area contributed by atoms with E-state index in [2.05, 4.69) is 61.5 Å². The number of thioether (sulfide) groups is 2. The molecule has 3 rings (SSSR count). The summed E-state index contributed by atoms with van der Waals surface area (Å²) in [5.41, 5.74) is 5.69. The van der Waals surface area contributed by atoms with Crippen LogP contribution in [0.5, 0.6) is 0 Å². The molecule has 0 aliphatic carbocycles. The molecule has 1 heterocycles. The van der Waals surface area contributed by atoms with Crippen molar-refractivity contribution in [2.45, 2.75) is 26.2 Å². The second-order valence-electron chi connectivity index (χ2n) is 5.53. The summed E-state index contributed by atoms with van der Waals surface area (Å²) in [6, 6.07) is 19.9. The maximum absolute atomic E-state index is 2.31. The molecule has 2 aromatic rings. The van der Waals surface area contributed by atoms with E-state index in [0.717, 1.165) is 12.8 Å². The molecule has 1 fully saturated rings. The zero-order chi connectivity index (χ0) is 15.2. The highest BCUT2D eigenvalue weighted by atomic mass is 32.2. The lowest BCUT2D eigenvalue weighted by atomic mass is 10.00. The minimum atomic E-state index is 1.02.